The predicted octanol–water partition coefficient (Wildman–Crippen LogP) is 4.64. The molecule has 1 aliphatic heterocycles. The lowest BCUT2D eigenvalue weighted by Crippen LogP contribution is -2.52. The highest BCUT2D eigenvalue weighted by molar-refractivity contribution is 14.1. The summed E-state index contributed by atoms with van der Waals surface area (Å²) in [6, 6.07) is 21.0. The third-order valence-electron chi connectivity index (χ3n) is 4.80. The van der Waals surface area contributed by atoms with Gasteiger partial charge >= 0.3 is 5.97 Å². The molecule has 1 saturated heterocycles. The number of rotatable bonds is 3. The van der Waals surface area contributed by atoms with Crippen molar-refractivity contribution in [3.8, 4) is 0 Å². The zero-order chi connectivity index (χ0) is 18.3. The second-order valence-electron chi connectivity index (χ2n) is 6.24. The van der Waals surface area contributed by atoms with Crippen molar-refractivity contribution in [3.63, 3.8) is 0 Å². The highest BCUT2D eigenvalue weighted by atomic mass is 127. The Morgan fingerprint density at radius 2 is 1.52 bits per heavy atom. The normalized spacial score (nSPS) is 19.4. The summed E-state index contributed by atoms with van der Waals surface area (Å²) in [5.41, 5.74) is 2.22. The molecule has 3 rings (SSSR count). The molecule has 2 aromatic rings. The van der Waals surface area contributed by atoms with Crippen LogP contribution in [0.1, 0.15) is 30.9 Å². The van der Waals surface area contributed by atoms with Crippen LogP contribution in [0.15, 0.2) is 60.7 Å². The van der Waals surface area contributed by atoms with Crippen LogP contribution in [-0.4, -0.2) is 35.5 Å². The Morgan fingerprint density at radius 1 is 1.04 bits per heavy atom. The van der Waals surface area contributed by atoms with Crippen LogP contribution in [0.4, 0.5) is 0 Å². The Balaban J connectivity index is 0.00000109. The van der Waals surface area contributed by atoms with Crippen LogP contribution in [0.25, 0.3) is 0 Å². The molecule has 4 heteroatoms. The Labute approximate surface area is 164 Å². The summed E-state index contributed by atoms with van der Waals surface area (Å²) >= 11 is 2.15. The lowest BCUT2D eigenvalue weighted by molar-refractivity contribution is -0.150. The first-order chi connectivity index (χ1) is 12.1. The second kappa shape index (κ2) is 9.34. The van der Waals surface area contributed by atoms with Crippen molar-refractivity contribution in [2.24, 2.45) is 0 Å². The third kappa shape index (κ3) is 4.42. The van der Waals surface area contributed by atoms with Crippen molar-refractivity contribution in [1.82, 2.24) is 4.90 Å². The van der Waals surface area contributed by atoms with Gasteiger partial charge in [-0.3, -0.25) is 9.69 Å². The van der Waals surface area contributed by atoms with Crippen molar-refractivity contribution >= 4 is 28.6 Å². The van der Waals surface area contributed by atoms with E-state index in [1.54, 1.807) is 0 Å². The minimum Gasteiger partial charge on any atom is -0.462 e. The highest BCUT2D eigenvalue weighted by Gasteiger charge is 2.44. The number of esters is 1. The van der Waals surface area contributed by atoms with Crippen molar-refractivity contribution in [3.05, 3.63) is 71.8 Å². The Morgan fingerprint density at radius 3 is 1.96 bits per heavy atom. The molecule has 0 radical (unpaired) electrons. The zero-order valence-electron chi connectivity index (χ0n) is 15.1. The van der Waals surface area contributed by atoms with Gasteiger partial charge in [-0.2, -0.15) is 0 Å². The molecule has 2 aromatic carbocycles. The summed E-state index contributed by atoms with van der Waals surface area (Å²) in [6.45, 7) is 2.38. The van der Waals surface area contributed by atoms with Gasteiger partial charge < -0.3 is 4.74 Å². The predicted molar refractivity (Wildman–Crippen MR) is 111 cm³/mol. The monoisotopic (exact) mass is 451 g/mol. The van der Waals surface area contributed by atoms with Crippen molar-refractivity contribution in [2.45, 2.75) is 31.4 Å². The van der Waals surface area contributed by atoms with E-state index in [1.807, 2.05) is 17.1 Å². The molecule has 0 saturated carbocycles. The first-order valence-corrected chi connectivity index (χ1v) is 10.7. The Kier molecular flexibility index (Phi) is 7.44. The number of piperidine rings is 1. The number of likely N-dealkylation sites (tertiary alicyclic amines) is 1. The van der Waals surface area contributed by atoms with Crippen molar-refractivity contribution in [2.75, 3.05) is 18.5 Å². The van der Waals surface area contributed by atoms with Gasteiger partial charge in [-0.25, -0.2) is 0 Å². The van der Waals surface area contributed by atoms with Gasteiger partial charge in [0.15, 0.2) is 0 Å². The van der Waals surface area contributed by atoms with Crippen LogP contribution in [0.3, 0.4) is 0 Å². The van der Waals surface area contributed by atoms with E-state index < -0.39 is 0 Å². The molecule has 0 spiro atoms. The first kappa shape index (κ1) is 19.9. The number of hydrogen-bond acceptors (Lipinski definition) is 3. The van der Waals surface area contributed by atoms with Gasteiger partial charge in [-0.15, -0.1) is 0 Å². The summed E-state index contributed by atoms with van der Waals surface area (Å²) < 4.78 is 5.57. The van der Waals surface area contributed by atoms with E-state index in [2.05, 4.69) is 83.1 Å². The summed E-state index contributed by atoms with van der Waals surface area (Å²) in [7, 11) is 2.16. The molecule has 1 heterocycles. The van der Waals surface area contributed by atoms with E-state index >= 15 is 0 Å². The number of alkyl halides is 1. The highest BCUT2D eigenvalue weighted by Crippen LogP contribution is 2.43. The molecule has 0 amide bonds. The minimum absolute atomic E-state index is 0.0517. The summed E-state index contributed by atoms with van der Waals surface area (Å²) in [6.07, 6.45) is 1.60. The van der Waals surface area contributed by atoms with Crippen LogP contribution >= 0.6 is 22.6 Å². The maximum atomic E-state index is 11.4. The zero-order valence-corrected chi connectivity index (χ0v) is 17.3. The summed E-state index contributed by atoms with van der Waals surface area (Å²) in [5, 5.41) is 0. The first-order valence-electron chi connectivity index (χ1n) is 8.50. The fraction of sp³-hybridized carbons (Fsp3) is 0.381. The number of carbonyl (C=O) groups is 1. The molecule has 1 fully saturated rings. The van der Waals surface area contributed by atoms with Crippen LogP contribution in [0.2, 0.25) is 0 Å². The molecule has 1 atom stereocenters. The number of hydrogen-bond donors (Lipinski definition) is 0. The van der Waals surface area contributed by atoms with Gasteiger partial charge in [0.1, 0.15) is 6.10 Å². The molecule has 1 unspecified atom stereocenters. The molecule has 0 aromatic heterocycles. The van der Waals surface area contributed by atoms with Crippen molar-refractivity contribution in [1.29, 1.82) is 0 Å². The molecule has 0 bridgehead atoms. The smallest absolute Gasteiger partial charge is 0.302 e. The topological polar surface area (TPSA) is 29.5 Å². The van der Waals surface area contributed by atoms with Crippen LogP contribution in [0.5, 0.6) is 0 Å². The molecule has 25 heavy (non-hydrogen) atoms. The van der Waals surface area contributed by atoms with Gasteiger partial charge in [0, 0.05) is 19.9 Å². The number of carbonyl (C=O) groups excluding carboxylic acids is 1. The minimum atomic E-state index is -0.263. The quantitative estimate of drug-likeness (QED) is 0.387. The Hall–Kier alpha value is -1.40. The van der Waals surface area contributed by atoms with Crippen LogP contribution in [0, 0.1) is 0 Å². The van der Waals surface area contributed by atoms with Gasteiger partial charge in [-0.1, -0.05) is 83.3 Å². The molecule has 0 N–H and O–H groups in total. The van der Waals surface area contributed by atoms with E-state index in [0.29, 0.717) is 0 Å². The number of nitrogens with zero attached hydrogens (tertiary/aromatic N) is 1. The lowest BCUT2D eigenvalue weighted by atomic mass is 9.74. The van der Waals surface area contributed by atoms with E-state index in [9.17, 15) is 4.79 Å². The molecular weight excluding hydrogens is 425 g/mol. The number of benzene rings is 2. The fourth-order valence-corrected chi connectivity index (χ4v) is 3.72. The fourth-order valence-electron chi connectivity index (χ4n) is 3.72. The van der Waals surface area contributed by atoms with E-state index in [1.165, 1.54) is 18.1 Å². The van der Waals surface area contributed by atoms with E-state index in [4.69, 9.17) is 4.74 Å². The number of halogens is 1. The van der Waals surface area contributed by atoms with E-state index in [0.717, 1.165) is 19.4 Å². The maximum absolute atomic E-state index is 11.4. The summed E-state index contributed by atoms with van der Waals surface area (Å²) in [4.78, 5) is 15.8. The van der Waals surface area contributed by atoms with Crippen LogP contribution in [-0.2, 0) is 15.1 Å². The molecule has 134 valence electrons. The second-order valence-corrected chi connectivity index (χ2v) is 6.24. The SMILES string of the molecule is CC(=O)OC1CCN(C)C(c2ccccc2)(c2ccccc2)C1.CI. The molecule has 0 aliphatic carbocycles. The van der Waals surface area contributed by atoms with Gasteiger partial charge in [0.25, 0.3) is 0 Å². The molecule has 1 aliphatic rings. The van der Waals surface area contributed by atoms with Crippen LogP contribution < -0.4 is 0 Å². The van der Waals surface area contributed by atoms with E-state index in [-0.39, 0.29) is 17.6 Å². The Bertz CT molecular complexity index is 621. The standard InChI is InChI=1S/C20H23NO2.CH3I/c1-16(22)23-19-13-14-21(2)20(15-19,17-9-5-3-6-10-17)18-11-7-4-8-12-18;1-2/h3-12,19H,13-15H2,1-2H3;1H3. The van der Waals surface area contributed by atoms with Gasteiger partial charge in [-0.05, 0) is 29.5 Å². The van der Waals surface area contributed by atoms with Gasteiger partial charge in [0.2, 0.25) is 0 Å². The molecule has 3 nitrogen and oxygen atoms in total. The third-order valence-corrected chi connectivity index (χ3v) is 4.80. The maximum Gasteiger partial charge on any atom is 0.302 e. The summed E-state index contributed by atoms with van der Waals surface area (Å²) in [5.74, 6) is -0.199. The molecular formula is C21H26INO2. The van der Waals surface area contributed by atoms with Crippen molar-refractivity contribution < 1.29 is 9.53 Å². The largest absolute Gasteiger partial charge is 0.462 e. The number of ether oxygens (including phenoxy) is 1. The average molecular weight is 451 g/mol. The average Bonchev–Trinajstić information content (AvgIpc) is 2.66. The van der Waals surface area contributed by atoms with Gasteiger partial charge in [0.05, 0.1) is 5.54 Å². The lowest BCUT2D eigenvalue weighted by Gasteiger charge is -2.48.